The molecule has 1 heterocycles. The molecule has 0 aromatic carbocycles. The van der Waals surface area contributed by atoms with Crippen LogP contribution in [0.15, 0.2) is 0 Å². The van der Waals surface area contributed by atoms with Crippen molar-refractivity contribution in [3.8, 4) is 0 Å². The zero-order valence-corrected chi connectivity index (χ0v) is 18.2. The standard InChI is InChI=1S/C17H34N2O6Si/c1-16(2,3)24-15(21)18-10-12(25-26(7,8)17(4,5)6)9-13(18)14(20)11-19(22)23/h12-14,20H,9-11H2,1-8H3/t12-,13+,14?/m1/s1. The van der Waals surface area contributed by atoms with Gasteiger partial charge in [-0.2, -0.15) is 0 Å². The van der Waals surface area contributed by atoms with Crippen molar-refractivity contribution >= 4 is 14.4 Å². The fraction of sp³-hybridized carbons (Fsp3) is 0.941. The number of aliphatic hydroxyl groups is 1. The van der Waals surface area contributed by atoms with E-state index in [1.165, 1.54) is 4.90 Å². The molecule has 1 N–H and O–H groups in total. The monoisotopic (exact) mass is 390 g/mol. The minimum atomic E-state index is -2.07. The molecule has 1 fully saturated rings. The lowest BCUT2D eigenvalue weighted by molar-refractivity contribution is -0.491. The van der Waals surface area contributed by atoms with Crippen molar-refractivity contribution in [2.75, 3.05) is 13.1 Å². The second kappa shape index (κ2) is 7.81. The molecule has 0 spiro atoms. The molecule has 0 aromatic heterocycles. The van der Waals surface area contributed by atoms with Crippen molar-refractivity contribution in [1.29, 1.82) is 0 Å². The molecular weight excluding hydrogens is 356 g/mol. The second-order valence-corrected chi connectivity index (χ2v) is 14.3. The number of carbonyl (C=O) groups is 1. The minimum absolute atomic E-state index is 0.00128. The molecule has 0 radical (unpaired) electrons. The van der Waals surface area contributed by atoms with E-state index in [1.807, 2.05) is 0 Å². The third-order valence-corrected chi connectivity index (χ3v) is 9.52. The van der Waals surface area contributed by atoms with Gasteiger partial charge in [0, 0.05) is 11.5 Å². The Balaban J connectivity index is 2.97. The lowest BCUT2D eigenvalue weighted by Gasteiger charge is -2.38. The maximum Gasteiger partial charge on any atom is 0.410 e. The lowest BCUT2D eigenvalue weighted by Crippen LogP contribution is -2.47. The van der Waals surface area contributed by atoms with Crippen molar-refractivity contribution in [3.63, 3.8) is 0 Å². The van der Waals surface area contributed by atoms with Crippen LogP contribution in [0.5, 0.6) is 0 Å². The first-order valence-corrected chi connectivity index (χ1v) is 11.9. The fourth-order valence-corrected chi connectivity index (χ4v) is 4.03. The molecule has 9 heteroatoms. The number of aliphatic hydroxyl groups excluding tert-OH is 1. The average molecular weight is 391 g/mol. The van der Waals surface area contributed by atoms with Crippen LogP contribution in [-0.4, -0.2) is 66.3 Å². The summed E-state index contributed by atoms with van der Waals surface area (Å²) >= 11 is 0. The number of rotatable bonds is 5. The van der Waals surface area contributed by atoms with Crippen LogP contribution < -0.4 is 0 Å². The molecule has 1 aliphatic heterocycles. The molecule has 0 saturated carbocycles. The maximum absolute atomic E-state index is 12.5. The number of hydrogen-bond acceptors (Lipinski definition) is 6. The van der Waals surface area contributed by atoms with Gasteiger partial charge in [0.15, 0.2) is 8.32 Å². The highest BCUT2D eigenvalue weighted by Crippen LogP contribution is 2.39. The van der Waals surface area contributed by atoms with Gasteiger partial charge in [0.1, 0.15) is 11.7 Å². The van der Waals surface area contributed by atoms with Gasteiger partial charge in [-0.25, -0.2) is 4.79 Å². The Morgan fingerprint density at radius 3 is 2.27 bits per heavy atom. The van der Waals surface area contributed by atoms with Crippen LogP contribution in [-0.2, 0) is 9.16 Å². The highest BCUT2D eigenvalue weighted by atomic mass is 28.4. The summed E-state index contributed by atoms with van der Waals surface area (Å²) in [6.07, 6.45) is -1.74. The van der Waals surface area contributed by atoms with E-state index in [9.17, 15) is 20.0 Å². The first kappa shape index (κ1) is 22.8. The molecule has 152 valence electrons. The highest BCUT2D eigenvalue weighted by Gasteiger charge is 2.47. The number of carbonyl (C=O) groups excluding carboxylic acids is 1. The molecule has 1 saturated heterocycles. The van der Waals surface area contributed by atoms with Gasteiger partial charge >= 0.3 is 6.09 Å². The quantitative estimate of drug-likeness (QED) is 0.440. The smallest absolute Gasteiger partial charge is 0.410 e. The number of likely N-dealkylation sites (tertiary alicyclic amines) is 1. The molecule has 1 amide bonds. The van der Waals surface area contributed by atoms with Gasteiger partial charge < -0.3 is 14.3 Å². The zero-order valence-electron chi connectivity index (χ0n) is 17.2. The van der Waals surface area contributed by atoms with Crippen LogP contribution in [0.1, 0.15) is 48.0 Å². The van der Waals surface area contributed by atoms with E-state index >= 15 is 0 Å². The normalized spacial score (nSPS) is 23.0. The number of hydrogen-bond donors (Lipinski definition) is 1. The van der Waals surface area contributed by atoms with Crippen LogP contribution in [0.4, 0.5) is 4.79 Å². The fourth-order valence-electron chi connectivity index (χ4n) is 2.67. The molecule has 3 atom stereocenters. The van der Waals surface area contributed by atoms with E-state index in [-0.39, 0.29) is 17.7 Å². The van der Waals surface area contributed by atoms with Gasteiger partial charge in [-0.1, -0.05) is 20.8 Å². The molecule has 0 aliphatic carbocycles. The van der Waals surface area contributed by atoms with E-state index in [1.54, 1.807) is 20.8 Å². The maximum atomic E-state index is 12.5. The molecule has 1 aliphatic rings. The van der Waals surface area contributed by atoms with E-state index in [2.05, 4.69) is 33.9 Å². The Morgan fingerprint density at radius 1 is 1.31 bits per heavy atom. The molecule has 26 heavy (non-hydrogen) atoms. The van der Waals surface area contributed by atoms with E-state index in [0.717, 1.165) is 0 Å². The lowest BCUT2D eigenvalue weighted by atomic mass is 10.1. The molecular formula is C17H34N2O6Si. The van der Waals surface area contributed by atoms with Crippen molar-refractivity contribution < 1.29 is 24.0 Å². The average Bonchev–Trinajstić information content (AvgIpc) is 2.77. The largest absolute Gasteiger partial charge is 0.444 e. The number of ether oxygens (including phenoxy) is 1. The van der Waals surface area contributed by atoms with Crippen LogP contribution >= 0.6 is 0 Å². The molecule has 0 bridgehead atoms. The van der Waals surface area contributed by atoms with Gasteiger partial charge in [-0.3, -0.25) is 15.0 Å². The van der Waals surface area contributed by atoms with Crippen molar-refractivity contribution in [2.24, 2.45) is 0 Å². The van der Waals surface area contributed by atoms with Crippen molar-refractivity contribution in [2.45, 2.75) is 89.9 Å². The topological polar surface area (TPSA) is 102 Å². The molecule has 1 rings (SSSR count). The molecule has 0 aromatic rings. The summed E-state index contributed by atoms with van der Waals surface area (Å²) in [5.41, 5.74) is -0.686. The first-order chi connectivity index (χ1) is 11.5. The minimum Gasteiger partial charge on any atom is -0.444 e. The zero-order chi connectivity index (χ0) is 20.5. The van der Waals surface area contributed by atoms with Gasteiger partial charge in [0.2, 0.25) is 6.54 Å². The Kier molecular flexibility index (Phi) is 6.87. The van der Waals surface area contributed by atoms with Crippen molar-refractivity contribution in [1.82, 2.24) is 4.90 Å². The van der Waals surface area contributed by atoms with Crippen LogP contribution in [0, 0.1) is 10.1 Å². The van der Waals surface area contributed by atoms with Gasteiger partial charge in [-0.15, -0.1) is 0 Å². The van der Waals surface area contributed by atoms with E-state index in [0.29, 0.717) is 6.42 Å². The Labute approximate surface area is 157 Å². The summed E-state index contributed by atoms with van der Waals surface area (Å²) in [6, 6.07) is -0.690. The SMILES string of the molecule is CC(C)(C)OC(=O)N1C[C@H](O[Si](C)(C)C(C)(C)C)C[C@H]1C(O)C[N+](=O)[O-]. The van der Waals surface area contributed by atoms with Crippen molar-refractivity contribution in [3.05, 3.63) is 10.1 Å². The highest BCUT2D eigenvalue weighted by molar-refractivity contribution is 6.74. The summed E-state index contributed by atoms with van der Waals surface area (Å²) < 4.78 is 11.8. The summed E-state index contributed by atoms with van der Waals surface area (Å²) in [5.74, 6) is 0. The Bertz CT molecular complexity index is 526. The number of nitrogens with zero attached hydrogens (tertiary/aromatic N) is 2. The molecule has 1 unspecified atom stereocenters. The van der Waals surface area contributed by atoms with Crippen LogP contribution in [0.25, 0.3) is 0 Å². The van der Waals surface area contributed by atoms with Gasteiger partial charge in [0.25, 0.3) is 0 Å². The van der Waals surface area contributed by atoms with Crippen LogP contribution in [0.2, 0.25) is 18.1 Å². The first-order valence-electron chi connectivity index (χ1n) is 9.01. The van der Waals surface area contributed by atoms with Gasteiger partial charge in [0.05, 0.1) is 12.1 Å². The predicted molar refractivity (Wildman–Crippen MR) is 101 cm³/mol. The number of amides is 1. The third kappa shape index (κ3) is 6.21. The number of nitro groups is 1. The Hall–Kier alpha value is -1.19. The summed E-state index contributed by atoms with van der Waals surface area (Å²) in [4.78, 5) is 24.2. The Morgan fingerprint density at radius 2 is 1.85 bits per heavy atom. The third-order valence-electron chi connectivity index (χ3n) is 4.98. The van der Waals surface area contributed by atoms with E-state index < -0.39 is 43.6 Å². The second-order valence-electron chi connectivity index (χ2n) is 9.52. The van der Waals surface area contributed by atoms with E-state index in [4.69, 9.17) is 9.16 Å². The summed E-state index contributed by atoms with van der Waals surface area (Å²) in [7, 11) is -2.07. The molecule has 8 nitrogen and oxygen atoms in total. The van der Waals surface area contributed by atoms with Gasteiger partial charge in [-0.05, 0) is 45.3 Å². The summed E-state index contributed by atoms with van der Waals surface area (Å²) in [5, 5.41) is 21.1. The summed E-state index contributed by atoms with van der Waals surface area (Å²) in [6.45, 7) is 15.5. The predicted octanol–water partition coefficient (Wildman–Crippen LogP) is 3.02. The van der Waals surface area contributed by atoms with Crippen LogP contribution in [0.3, 0.4) is 0 Å².